The molecule has 5 heteroatoms. The van der Waals surface area contributed by atoms with Crippen molar-refractivity contribution in [2.75, 3.05) is 0 Å². The molecule has 1 fully saturated rings. The zero-order chi connectivity index (χ0) is 13.3. The van der Waals surface area contributed by atoms with E-state index < -0.39 is 12.4 Å². The van der Waals surface area contributed by atoms with Gasteiger partial charge in [-0.3, -0.25) is 4.79 Å². The van der Waals surface area contributed by atoms with Crippen molar-refractivity contribution in [3.63, 3.8) is 0 Å². The first-order valence-electron chi connectivity index (χ1n) is 5.81. The molecule has 0 aromatic heterocycles. The number of hydrogen-bond donors (Lipinski definition) is 2. The fourth-order valence-corrected chi connectivity index (χ4v) is 2.22. The topological polar surface area (TPSA) is 57.5 Å². The normalized spacial score (nSPS) is 16.8. The molecule has 0 amide bonds. The first-order valence-corrected chi connectivity index (χ1v) is 5.81. The van der Waals surface area contributed by atoms with Gasteiger partial charge in [-0.05, 0) is 42.5 Å². The minimum absolute atomic E-state index is 0.0995. The van der Waals surface area contributed by atoms with Crippen molar-refractivity contribution in [2.24, 2.45) is 5.92 Å². The third kappa shape index (κ3) is 2.78. The Morgan fingerprint density at radius 1 is 1.39 bits per heavy atom. The average molecular weight is 256 g/mol. The third-order valence-corrected chi connectivity index (χ3v) is 3.29. The lowest BCUT2D eigenvalue weighted by atomic mass is 9.89. The molecule has 0 radical (unpaired) electrons. The van der Waals surface area contributed by atoms with Crippen molar-refractivity contribution in [1.82, 2.24) is 0 Å². The van der Waals surface area contributed by atoms with Crippen molar-refractivity contribution in [3.05, 3.63) is 29.3 Å². The zero-order valence-electron chi connectivity index (χ0n) is 9.64. The number of carboxylic acids is 1. The number of alkyl halides is 2. The number of rotatable bonds is 5. The van der Waals surface area contributed by atoms with E-state index >= 15 is 0 Å². The predicted molar refractivity (Wildman–Crippen MR) is 60.8 cm³/mol. The average Bonchev–Trinajstić information content (AvgIpc) is 3.10. The van der Waals surface area contributed by atoms with E-state index in [1.807, 2.05) is 0 Å². The highest BCUT2D eigenvalue weighted by molar-refractivity contribution is 5.68. The second kappa shape index (κ2) is 4.92. The molecule has 2 N–H and O–H groups in total. The number of carbonyl (C=O) groups is 1. The monoisotopic (exact) mass is 256 g/mol. The summed E-state index contributed by atoms with van der Waals surface area (Å²) in [6.07, 6.45) is -0.980. The molecule has 18 heavy (non-hydrogen) atoms. The fraction of sp³-hybridized carbons (Fsp3) is 0.462. The Morgan fingerprint density at radius 3 is 2.56 bits per heavy atom. The van der Waals surface area contributed by atoms with Gasteiger partial charge in [-0.2, -0.15) is 0 Å². The van der Waals surface area contributed by atoms with E-state index in [1.54, 1.807) is 0 Å². The number of phenolic OH excluding ortho intramolecular Hbond substituents is 1. The van der Waals surface area contributed by atoms with E-state index in [9.17, 15) is 18.7 Å². The number of aromatic hydroxyl groups is 1. The molecule has 2 rings (SSSR count). The number of halogens is 2. The molecular weight excluding hydrogens is 242 g/mol. The summed E-state index contributed by atoms with van der Waals surface area (Å²) >= 11 is 0. The molecule has 0 saturated heterocycles. The maximum Gasteiger partial charge on any atom is 0.303 e. The van der Waals surface area contributed by atoms with Crippen LogP contribution in [0.1, 0.15) is 42.7 Å². The van der Waals surface area contributed by atoms with Crippen molar-refractivity contribution < 1.29 is 23.8 Å². The maximum absolute atomic E-state index is 12.6. The van der Waals surface area contributed by atoms with Gasteiger partial charge in [0.05, 0.1) is 6.42 Å². The quantitative estimate of drug-likeness (QED) is 0.849. The number of phenols is 1. The highest BCUT2D eigenvalue weighted by Gasteiger charge is 2.35. The molecule has 1 unspecified atom stereocenters. The summed E-state index contributed by atoms with van der Waals surface area (Å²) in [6.45, 7) is 0. The van der Waals surface area contributed by atoms with Crippen LogP contribution in [-0.2, 0) is 4.79 Å². The van der Waals surface area contributed by atoms with Gasteiger partial charge in [-0.1, -0.05) is 0 Å². The molecule has 1 aliphatic rings. The van der Waals surface area contributed by atoms with Crippen LogP contribution in [0.25, 0.3) is 0 Å². The lowest BCUT2D eigenvalue weighted by molar-refractivity contribution is -0.137. The van der Waals surface area contributed by atoms with Gasteiger partial charge in [0, 0.05) is 11.5 Å². The van der Waals surface area contributed by atoms with Crippen LogP contribution < -0.4 is 0 Å². The molecule has 98 valence electrons. The van der Waals surface area contributed by atoms with Gasteiger partial charge in [-0.25, -0.2) is 8.78 Å². The first kappa shape index (κ1) is 12.8. The number of benzene rings is 1. The molecule has 1 saturated carbocycles. The minimum Gasteiger partial charge on any atom is -0.508 e. The lowest BCUT2D eigenvalue weighted by Crippen LogP contribution is -2.09. The fourth-order valence-electron chi connectivity index (χ4n) is 2.22. The summed E-state index contributed by atoms with van der Waals surface area (Å²) in [5, 5.41) is 18.6. The molecule has 1 aromatic carbocycles. The van der Waals surface area contributed by atoms with Crippen LogP contribution in [0.4, 0.5) is 8.78 Å². The first-order chi connectivity index (χ1) is 8.49. The largest absolute Gasteiger partial charge is 0.508 e. The number of aliphatic carboxylic acids is 1. The summed E-state index contributed by atoms with van der Waals surface area (Å²) in [6, 6.07) is 3.61. The number of hydrogen-bond acceptors (Lipinski definition) is 2. The Morgan fingerprint density at radius 2 is 2.06 bits per heavy atom. The van der Waals surface area contributed by atoms with Gasteiger partial charge in [0.25, 0.3) is 6.43 Å². The van der Waals surface area contributed by atoms with Crippen molar-refractivity contribution >= 4 is 5.97 Å². The molecular formula is C13H14F2O3. The second-order valence-electron chi connectivity index (χ2n) is 4.66. The van der Waals surface area contributed by atoms with Crippen molar-refractivity contribution in [3.8, 4) is 5.75 Å². The van der Waals surface area contributed by atoms with E-state index in [2.05, 4.69) is 0 Å². The van der Waals surface area contributed by atoms with E-state index in [-0.39, 0.29) is 29.6 Å². The van der Waals surface area contributed by atoms with Crippen LogP contribution in [0, 0.1) is 5.92 Å². The van der Waals surface area contributed by atoms with Gasteiger partial charge < -0.3 is 10.2 Å². The standard InChI is InChI=1S/C13H14F2O3/c14-13(15)8-3-4-11(16)10(5-8)9(6-12(17)18)7-1-2-7/h3-5,7,9,13,16H,1-2,6H2,(H,17,18). The van der Waals surface area contributed by atoms with Gasteiger partial charge in [-0.15, -0.1) is 0 Å². The summed E-state index contributed by atoms with van der Waals surface area (Å²) in [7, 11) is 0. The maximum atomic E-state index is 12.6. The van der Waals surface area contributed by atoms with Crippen LogP contribution in [0.2, 0.25) is 0 Å². The highest BCUT2D eigenvalue weighted by Crippen LogP contribution is 2.47. The Hall–Kier alpha value is -1.65. The van der Waals surface area contributed by atoms with E-state index in [4.69, 9.17) is 5.11 Å². The van der Waals surface area contributed by atoms with Gasteiger partial charge in [0.15, 0.2) is 0 Å². The van der Waals surface area contributed by atoms with E-state index in [0.717, 1.165) is 18.9 Å². The molecule has 0 spiro atoms. The van der Waals surface area contributed by atoms with Crippen LogP contribution in [0.5, 0.6) is 5.75 Å². The molecule has 1 atom stereocenters. The Balaban J connectivity index is 2.33. The van der Waals surface area contributed by atoms with Crippen molar-refractivity contribution in [1.29, 1.82) is 0 Å². The van der Waals surface area contributed by atoms with Gasteiger partial charge in [0.2, 0.25) is 0 Å². The summed E-state index contributed by atoms with van der Waals surface area (Å²) < 4.78 is 25.2. The van der Waals surface area contributed by atoms with Crippen LogP contribution in [0.15, 0.2) is 18.2 Å². The van der Waals surface area contributed by atoms with Crippen LogP contribution in [0.3, 0.4) is 0 Å². The zero-order valence-corrected chi connectivity index (χ0v) is 9.64. The molecule has 0 bridgehead atoms. The van der Waals surface area contributed by atoms with Crippen LogP contribution in [-0.4, -0.2) is 16.2 Å². The summed E-state index contributed by atoms with van der Waals surface area (Å²) in [5.74, 6) is -1.27. The Labute approximate surface area is 103 Å². The smallest absolute Gasteiger partial charge is 0.303 e. The van der Waals surface area contributed by atoms with Crippen LogP contribution >= 0.6 is 0 Å². The Bertz CT molecular complexity index is 456. The molecule has 0 aliphatic heterocycles. The molecule has 3 nitrogen and oxygen atoms in total. The molecule has 1 aliphatic carbocycles. The second-order valence-corrected chi connectivity index (χ2v) is 4.66. The predicted octanol–water partition coefficient (Wildman–Crippen LogP) is 3.30. The number of carboxylic acid groups (broad SMARTS) is 1. The van der Waals surface area contributed by atoms with E-state index in [0.29, 0.717) is 5.56 Å². The van der Waals surface area contributed by atoms with Gasteiger partial charge in [0.1, 0.15) is 5.75 Å². The Kier molecular flexibility index (Phi) is 3.50. The third-order valence-electron chi connectivity index (χ3n) is 3.29. The summed E-state index contributed by atoms with van der Waals surface area (Å²) in [4.78, 5) is 10.8. The van der Waals surface area contributed by atoms with E-state index in [1.165, 1.54) is 12.1 Å². The van der Waals surface area contributed by atoms with Gasteiger partial charge >= 0.3 is 5.97 Å². The lowest BCUT2D eigenvalue weighted by Gasteiger charge is -2.17. The SMILES string of the molecule is O=C(O)CC(c1cc(C(F)F)ccc1O)C1CC1. The molecule has 0 heterocycles. The summed E-state index contributed by atoms with van der Waals surface area (Å²) in [5.41, 5.74) is 0.150. The molecule has 1 aromatic rings. The van der Waals surface area contributed by atoms with Crippen molar-refractivity contribution in [2.45, 2.75) is 31.6 Å². The minimum atomic E-state index is -2.62. The highest BCUT2D eigenvalue weighted by atomic mass is 19.3.